The molecule has 1 atom stereocenters. The fourth-order valence-corrected chi connectivity index (χ4v) is 1.96. The predicted molar refractivity (Wildman–Crippen MR) is 61.7 cm³/mol. The van der Waals surface area contributed by atoms with Crippen LogP contribution >= 0.6 is 0 Å². The van der Waals surface area contributed by atoms with Gasteiger partial charge < -0.3 is 10.0 Å². The fourth-order valence-electron chi connectivity index (χ4n) is 1.96. The highest BCUT2D eigenvalue weighted by Gasteiger charge is 2.30. The van der Waals surface area contributed by atoms with Crippen molar-refractivity contribution < 1.29 is 14.3 Å². The van der Waals surface area contributed by atoms with Gasteiger partial charge in [0.1, 0.15) is 5.82 Å². The molecule has 0 aliphatic carbocycles. The second kappa shape index (κ2) is 4.57. The number of nitrogens with zero attached hydrogens (tertiary/aromatic N) is 1. The van der Waals surface area contributed by atoms with E-state index >= 15 is 0 Å². The van der Waals surface area contributed by atoms with E-state index < -0.39 is 0 Å². The molecule has 4 heteroatoms. The van der Waals surface area contributed by atoms with Crippen molar-refractivity contribution in [3.63, 3.8) is 0 Å². The molecular weight excluding hydrogens is 221 g/mol. The van der Waals surface area contributed by atoms with Crippen LogP contribution in [0.25, 0.3) is 0 Å². The van der Waals surface area contributed by atoms with Crippen molar-refractivity contribution in [3.05, 3.63) is 47.5 Å². The molecule has 0 spiro atoms. The molecule has 0 saturated heterocycles. The Morgan fingerprint density at radius 3 is 2.59 bits per heavy atom. The van der Waals surface area contributed by atoms with Gasteiger partial charge in [0.2, 0.25) is 0 Å². The summed E-state index contributed by atoms with van der Waals surface area (Å²) in [6.45, 7) is 2.34. The largest absolute Gasteiger partial charge is 0.503 e. The van der Waals surface area contributed by atoms with E-state index in [9.17, 15) is 14.3 Å². The van der Waals surface area contributed by atoms with Crippen molar-refractivity contribution in [2.24, 2.45) is 0 Å². The Balaban J connectivity index is 2.13. The zero-order valence-corrected chi connectivity index (χ0v) is 9.56. The number of hydrogen-bond acceptors (Lipinski definition) is 2. The minimum atomic E-state index is -0.360. The van der Waals surface area contributed by atoms with Crippen LogP contribution < -0.4 is 0 Å². The third-order valence-corrected chi connectivity index (χ3v) is 2.92. The normalized spacial score (nSPS) is 19.6. The van der Waals surface area contributed by atoms with Crippen LogP contribution in [0.5, 0.6) is 0 Å². The van der Waals surface area contributed by atoms with Crippen LogP contribution in [-0.2, 0) is 11.3 Å². The second-order valence-electron chi connectivity index (χ2n) is 4.09. The summed E-state index contributed by atoms with van der Waals surface area (Å²) in [6.07, 6.45) is 2.31. The van der Waals surface area contributed by atoms with Crippen molar-refractivity contribution in [2.75, 3.05) is 0 Å². The number of aliphatic hydroxyl groups excluding tert-OH is 1. The number of aliphatic hydroxyl groups is 1. The first-order valence-electron chi connectivity index (χ1n) is 5.58. The molecule has 1 aliphatic rings. The van der Waals surface area contributed by atoms with E-state index in [1.165, 1.54) is 12.1 Å². The lowest BCUT2D eigenvalue weighted by molar-refractivity contribution is -0.129. The molecule has 1 aliphatic heterocycles. The Hall–Kier alpha value is -1.84. The van der Waals surface area contributed by atoms with Crippen LogP contribution in [0.15, 0.2) is 36.1 Å². The van der Waals surface area contributed by atoms with Crippen LogP contribution in [0.3, 0.4) is 0 Å². The molecule has 0 fully saturated rings. The number of amides is 1. The van der Waals surface area contributed by atoms with E-state index in [0.29, 0.717) is 6.54 Å². The molecule has 1 amide bonds. The maximum atomic E-state index is 12.8. The molecule has 3 nitrogen and oxygen atoms in total. The molecule has 1 aromatic carbocycles. The highest BCUT2D eigenvalue weighted by Crippen LogP contribution is 2.21. The molecular formula is C13H14FNO2. The first-order valence-corrected chi connectivity index (χ1v) is 5.58. The fraction of sp³-hybridized carbons (Fsp3) is 0.308. The lowest BCUT2D eigenvalue weighted by Gasteiger charge is -2.23. The van der Waals surface area contributed by atoms with E-state index in [-0.39, 0.29) is 23.5 Å². The van der Waals surface area contributed by atoms with Crippen molar-refractivity contribution in [2.45, 2.75) is 25.9 Å². The number of carbonyl (C=O) groups is 1. The average Bonchev–Trinajstić information content (AvgIpc) is 2.59. The molecule has 1 heterocycles. The summed E-state index contributed by atoms with van der Waals surface area (Å²) in [4.78, 5) is 13.3. The Kier molecular flexibility index (Phi) is 3.13. The van der Waals surface area contributed by atoms with Crippen LogP contribution in [0.1, 0.15) is 18.9 Å². The number of benzene rings is 1. The molecule has 0 radical (unpaired) electrons. The highest BCUT2D eigenvalue weighted by molar-refractivity contribution is 5.93. The first kappa shape index (κ1) is 11.6. The summed E-state index contributed by atoms with van der Waals surface area (Å²) in [5.74, 6) is -0.852. The summed E-state index contributed by atoms with van der Waals surface area (Å²) in [6, 6.07) is 5.94. The molecule has 90 valence electrons. The van der Waals surface area contributed by atoms with Crippen molar-refractivity contribution in [1.29, 1.82) is 0 Å². The van der Waals surface area contributed by atoms with E-state index in [4.69, 9.17) is 0 Å². The summed E-state index contributed by atoms with van der Waals surface area (Å²) >= 11 is 0. The zero-order chi connectivity index (χ0) is 12.4. The van der Waals surface area contributed by atoms with Crippen LogP contribution in [0.4, 0.5) is 4.39 Å². The molecule has 1 unspecified atom stereocenters. The van der Waals surface area contributed by atoms with Gasteiger partial charge >= 0.3 is 0 Å². The molecule has 0 saturated carbocycles. The molecule has 17 heavy (non-hydrogen) atoms. The van der Waals surface area contributed by atoms with Gasteiger partial charge in [0.25, 0.3) is 5.91 Å². The van der Waals surface area contributed by atoms with Crippen LogP contribution in [0, 0.1) is 5.82 Å². The predicted octanol–water partition coefficient (Wildman–Crippen LogP) is 2.39. The highest BCUT2D eigenvalue weighted by atomic mass is 19.1. The lowest BCUT2D eigenvalue weighted by Crippen LogP contribution is -2.33. The smallest absolute Gasteiger partial charge is 0.289 e. The second-order valence-corrected chi connectivity index (χ2v) is 4.09. The number of hydrogen-bond donors (Lipinski definition) is 1. The molecule has 1 aromatic rings. The van der Waals surface area contributed by atoms with Gasteiger partial charge in [-0.2, -0.15) is 0 Å². The van der Waals surface area contributed by atoms with Gasteiger partial charge in [0.15, 0.2) is 5.76 Å². The first-order chi connectivity index (χ1) is 8.11. The Morgan fingerprint density at radius 1 is 1.35 bits per heavy atom. The van der Waals surface area contributed by atoms with E-state index in [1.54, 1.807) is 23.1 Å². The van der Waals surface area contributed by atoms with Gasteiger partial charge in [-0.1, -0.05) is 19.1 Å². The number of rotatable bonds is 3. The Morgan fingerprint density at radius 2 is 2.00 bits per heavy atom. The van der Waals surface area contributed by atoms with Crippen molar-refractivity contribution in [3.8, 4) is 0 Å². The molecule has 0 bridgehead atoms. The monoisotopic (exact) mass is 235 g/mol. The van der Waals surface area contributed by atoms with Gasteiger partial charge in [0.05, 0.1) is 6.04 Å². The number of halogens is 1. The minimum absolute atomic E-state index is 0.0763. The summed E-state index contributed by atoms with van der Waals surface area (Å²) in [5.41, 5.74) is 0.848. The van der Waals surface area contributed by atoms with Gasteiger partial charge in [-0.25, -0.2) is 4.39 Å². The van der Waals surface area contributed by atoms with Gasteiger partial charge in [0, 0.05) is 6.54 Å². The maximum absolute atomic E-state index is 12.8. The quantitative estimate of drug-likeness (QED) is 0.873. The van der Waals surface area contributed by atoms with Crippen molar-refractivity contribution in [1.82, 2.24) is 4.90 Å². The van der Waals surface area contributed by atoms with Gasteiger partial charge in [-0.3, -0.25) is 4.79 Å². The van der Waals surface area contributed by atoms with Gasteiger partial charge in [-0.05, 0) is 30.2 Å². The zero-order valence-electron chi connectivity index (χ0n) is 9.56. The topological polar surface area (TPSA) is 40.5 Å². The van der Waals surface area contributed by atoms with Crippen LogP contribution in [0.2, 0.25) is 0 Å². The number of carbonyl (C=O) groups excluding carboxylic acids is 1. The summed E-state index contributed by atoms with van der Waals surface area (Å²) in [7, 11) is 0. The Labute approximate surface area is 99.2 Å². The third-order valence-electron chi connectivity index (χ3n) is 2.92. The standard InChI is InChI=1S/C13H14FNO2/c1-2-11-7-12(16)13(17)15(11)8-9-3-5-10(14)6-4-9/h3-7,11,16H,2,8H2,1H3. The molecule has 2 rings (SSSR count). The third kappa shape index (κ3) is 2.30. The van der Waals surface area contributed by atoms with Crippen LogP contribution in [-0.4, -0.2) is 22.0 Å². The van der Waals surface area contributed by atoms with E-state index in [1.807, 2.05) is 6.92 Å². The minimum Gasteiger partial charge on any atom is -0.503 e. The SMILES string of the molecule is CCC1C=C(O)C(=O)N1Cc1ccc(F)cc1. The van der Waals surface area contributed by atoms with Gasteiger partial charge in [-0.15, -0.1) is 0 Å². The van der Waals surface area contributed by atoms with Crippen molar-refractivity contribution >= 4 is 5.91 Å². The summed E-state index contributed by atoms with van der Waals surface area (Å²) < 4.78 is 12.8. The summed E-state index contributed by atoms with van der Waals surface area (Å²) in [5, 5.41) is 9.40. The Bertz CT molecular complexity index is 453. The molecule has 1 N–H and O–H groups in total. The van der Waals surface area contributed by atoms with E-state index in [2.05, 4.69) is 0 Å². The maximum Gasteiger partial charge on any atom is 0.289 e. The van der Waals surface area contributed by atoms with E-state index in [0.717, 1.165) is 12.0 Å². The molecule has 0 aromatic heterocycles. The average molecular weight is 235 g/mol. The lowest BCUT2D eigenvalue weighted by atomic mass is 10.1.